The molecule has 0 saturated carbocycles. The highest BCUT2D eigenvalue weighted by molar-refractivity contribution is 5.58. The van der Waals surface area contributed by atoms with E-state index in [1.165, 1.54) is 0 Å². The van der Waals surface area contributed by atoms with Gasteiger partial charge in [0.15, 0.2) is 0 Å². The van der Waals surface area contributed by atoms with Crippen LogP contribution in [0.3, 0.4) is 0 Å². The third-order valence-electron chi connectivity index (χ3n) is 1.62. The summed E-state index contributed by atoms with van der Waals surface area (Å²) in [5.74, 6) is 5.43. The van der Waals surface area contributed by atoms with Crippen LogP contribution < -0.4 is 5.73 Å². The van der Waals surface area contributed by atoms with Crippen molar-refractivity contribution in [2.24, 2.45) is 5.11 Å². The summed E-state index contributed by atoms with van der Waals surface area (Å²) in [6.07, 6.45) is 0. The SMILES string of the molecule is N#Cc1ccc(C#CCN=[N+]=[N-])cc1N. The van der Waals surface area contributed by atoms with Crippen molar-refractivity contribution in [3.63, 3.8) is 0 Å². The van der Waals surface area contributed by atoms with Gasteiger partial charge in [0, 0.05) is 10.5 Å². The molecule has 1 aromatic carbocycles. The molecule has 2 N–H and O–H groups in total. The molecule has 1 aromatic rings. The van der Waals surface area contributed by atoms with Gasteiger partial charge < -0.3 is 5.73 Å². The molecule has 15 heavy (non-hydrogen) atoms. The van der Waals surface area contributed by atoms with Gasteiger partial charge in [-0.05, 0) is 23.7 Å². The van der Waals surface area contributed by atoms with E-state index in [4.69, 9.17) is 16.5 Å². The number of hydrogen-bond donors (Lipinski definition) is 1. The fourth-order valence-corrected chi connectivity index (χ4v) is 0.951. The van der Waals surface area contributed by atoms with Crippen LogP contribution >= 0.6 is 0 Å². The minimum Gasteiger partial charge on any atom is -0.398 e. The van der Waals surface area contributed by atoms with Crippen LogP contribution in [0.2, 0.25) is 0 Å². The zero-order chi connectivity index (χ0) is 11.1. The number of anilines is 1. The van der Waals surface area contributed by atoms with Crippen LogP contribution in [-0.2, 0) is 0 Å². The number of nitriles is 1. The second-order valence-electron chi connectivity index (χ2n) is 2.60. The number of nitrogen functional groups attached to an aromatic ring is 1. The number of benzene rings is 1. The molecule has 0 aliphatic rings. The van der Waals surface area contributed by atoms with E-state index in [0.29, 0.717) is 16.8 Å². The largest absolute Gasteiger partial charge is 0.398 e. The van der Waals surface area contributed by atoms with E-state index in [2.05, 4.69) is 21.9 Å². The maximum Gasteiger partial charge on any atom is 0.101 e. The fourth-order valence-electron chi connectivity index (χ4n) is 0.951. The minimum atomic E-state index is 0.121. The first kappa shape index (κ1) is 10.5. The summed E-state index contributed by atoms with van der Waals surface area (Å²) < 4.78 is 0. The number of rotatable bonds is 1. The van der Waals surface area contributed by atoms with Gasteiger partial charge in [0.25, 0.3) is 0 Å². The van der Waals surface area contributed by atoms with Crippen molar-refractivity contribution < 1.29 is 0 Å². The maximum atomic E-state index is 8.63. The van der Waals surface area contributed by atoms with Crippen LogP contribution in [0.5, 0.6) is 0 Å². The molecule has 0 amide bonds. The normalized spacial score (nSPS) is 7.93. The zero-order valence-electron chi connectivity index (χ0n) is 7.81. The number of nitrogens with zero attached hydrogens (tertiary/aromatic N) is 4. The van der Waals surface area contributed by atoms with E-state index in [1.807, 2.05) is 6.07 Å². The van der Waals surface area contributed by atoms with Gasteiger partial charge in [0.05, 0.1) is 17.8 Å². The summed E-state index contributed by atoms with van der Waals surface area (Å²) >= 11 is 0. The van der Waals surface area contributed by atoms with E-state index < -0.39 is 0 Å². The van der Waals surface area contributed by atoms with Crippen molar-refractivity contribution in [1.82, 2.24) is 0 Å². The summed E-state index contributed by atoms with van der Waals surface area (Å²) in [7, 11) is 0. The van der Waals surface area contributed by atoms with Crippen molar-refractivity contribution in [1.29, 1.82) is 5.26 Å². The van der Waals surface area contributed by atoms with Gasteiger partial charge in [-0.3, -0.25) is 0 Å². The Morgan fingerprint density at radius 2 is 2.33 bits per heavy atom. The van der Waals surface area contributed by atoms with E-state index in [-0.39, 0.29) is 6.54 Å². The van der Waals surface area contributed by atoms with Gasteiger partial charge in [0.1, 0.15) is 6.07 Å². The lowest BCUT2D eigenvalue weighted by Gasteiger charge is -1.96. The Morgan fingerprint density at radius 3 is 2.93 bits per heavy atom. The lowest BCUT2D eigenvalue weighted by Crippen LogP contribution is -1.90. The Morgan fingerprint density at radius 1 is 1.53 bits per heavy atom. The predicted molar refractivity (Wildman–Crippen MR) is 56.5 cm³/mol. The van der Waals surface area contributed by atoms with Gasteiger partial charge in [0.2, 0.25) is 0 Å². The Hall–Kier alpha value is -2.62. The summed E-state index contributed by atoms with van der Waals surface area (Å²) in [5, 5.41) is 11.9. The van der Waals surface area contributed by atoms with Crippen molar-refractivity contribution in [3.8, 4) is 17.9 Å². The molecule has 0 bridgehead atoms. The van der Waals surface area contributed by atoms with Crippen LogP contribution in [0.15, 0.2) is 23.3 Å². The molecule has 0 spiro atoms. The lowest BCUT2D eigenvalue weighted by molar-refractivity contribution is 1.25. The van der Waals surface area contributed by atoms with Gasteiger partial charge >= 0.3 is 0 Å². The Labute approximate surface area is 86.8 Å². The molecule has 5 heteroatoms. The first-order valence-corrected chi connectivity index (χ1v) is 4.07. The molecule has 0 unspecified atom stereocenters. The van der Waals surface area contributed by atoms with Crippen molar-refractivity contribution in [2.45, 2.75) is 0 Å². The highest BCUT2D eigenvalue weighted by Gasteiger charge is 1.96. The van der Waals surface area contributed by atoms with E-state index in [9.17, 15) is 0 Å². The van der Waals surface area contributed by atoms with Crippen LogP contribution in [0.4, 0.5) is 5.69 Å². The summed E-state index contributed by atoms with van der Waals surface area (Å²) in [4.78, 5) is 2.57. The van der Waals surface area contributed by atoms with Crippen molar-refractivity contribution in [3.05, 3.63) is 39.8 Å². The fraction of sp³-hybridized carbons (Fsp3) is 0.100. The van der Waals surface area contributed by atoms with Gasteiger partial charge in [-0.25, -0.2) is 0 Å². The molecule has 0 heterocycles. The Bertz CT molecular complexity index is 509. The molecule has 0 aromatic heterocycles. The number of nitrogens with two attached hydrogens (primary N) is 1. The molecule has 0 atom stereocenters. The van der Waals surface area contributed by atoms with Gasteiger partial charge in [-0.15, -0.1) is 0 Å². The van der Waals surface area contributed by atoms with E-state index >= 15 is 0 Å². The monoisotopic (exact) mass is 197 g/mol. The highest BCUT2D eigenvalue weighted by Crippen LogP contribution is 2.11. The minimum absolute atomic E-state index is 0.121. The standard InChI is InChI=1S/C10H7N5/c11-7-9-4-3-8(6-10(9)12)2-1-5-14-15-13/h3-4,6H,5,12H2. The molecule has 0 saturated heterocycles. The summed E-state index contributed by atoms with van der Waals surface area (Å²) in [6.45, 7) is 0.121. The smallest absolute Gasteiger partial charge is 0.101 e. The van der Waals surface area contributed by atoms with Gasteiger partial charge in [-0.1, -0.05) is 17.0 Å². The molecule has 0 fully saturated rings. The first-order chi connectivity index (χ1) is 7.27. The molecule has 0 aliphatic heterocycles. The Kier molecular flexibility index (Phi) is 3.61. The molecule has 72 valence electrons. The average molecular weight is 197 g/mol. The lowest BCUT2D eigenvalue weighted by atomic mass is 10.1. The highest BCUT2D eigenvalue weighted by atomic mass is 15.1. The maximum absolute atomic E-state index is 8.63. The second kappa shape index (κ2) is 5.18. The summed E-state index contributed by atoms with van der Waals surface area (Å²) in [5.41, 5.74) is 15.1. The number of hydrogen-bond acceptors (Lipinski definition) is 3. The van der Waals surface area contributed by atoms with Crippen molar-refractivity contribution >= 4 is 5.69 Å². The van der Waals surface area contributed by atoms with E-state index in [0.717, 1.165) is 0 Å². The Balaban J connectivity index is 2.88. The molecular formula is C10H7N5. The third-order valence-corrected chi connectivity index (χ3v) is 1.62. The number of azide groups is 1. The zero-order valence-corrected chi connectivity index (χ0v) is 7.81. The van der Waals surface area contributed by atoms with Crippen molar-refractivity contribution in [2.75, 3.05) is 12.3 Å². The van der Waals surface area contributed by atoms with Crippen LogP contribution in [0.25, 0.3) is 10.4 Å². The molecule has 0 radical (unpaired) electrons. The first-order valence-electron chi connectivity index (χ1n) is 4.07. The molecule has 1 rings (SSSR count). The average Bonchev–Trinajstić information content (AvgIpc) is 2.25. The van der Waals surface area contributed by atoms with Gasteiger partial charge in [-0.2, -0.15) is 5.26 Å². The quantitative estimate of drug-likeness (QED) is 0.244. The summed E-state index contributed by atoms with van der Waals surface area (Å²) in [6, 6.07) is 6.87. The van der Waals surface area contributed by atoms with Crippen LogP contribution in [0, 0.1) is 23.2 Å². The van der Waals surface area contributed by atoms with Crippen LogP contribution in [0.1, 0.15) is 11.1 Å². The predicted octanol–water partition coefficient (Wildman–Crippen LogP) is 1.80. The molecular weight excluding hydrogens is 190 g/mol. The second-order valence-corrected chi connectivity index (χ2v) is 2.60. The molecule has 5 nitrogen and oxygen atoms in total. The topological polar surface area (TPSA) is 98.6 Å². The molecule has 0 aliphatic carbocycles. The van der Waals surface area contributed by atoms with Crippen LogP contribution in [-0.4, -0.2) is 6.54 Å². The third kappa shape index (κ3) is 2.96. The van der Waals surface area contributed by atoms with E-state index in [1.54, 1.807) is 18.2 Å².